The highest BCUT2D eigenvalue weighted by Gasteiger charge is 2.17. The molecule has 0 aliphatic heterocycles. The number of sulfonamides is 1. The van der Waals surface area contributed by atoms with E-state index in [0.29, 0.717) is 18.8 Å². The van der Waals surface area contributed by atoms with Crippen LogP contribution in [0.5, 0.6) is 0 Å². The lowest BCUT2D eigenvalue weighted by molar-refractivity contribution is 0.584. The van der Waals surface area contributed by atoms with E-state index < -0.39 is 10.0 Å². The highest BCUT2D eigenvalue weighted by atomic mass is 32.2. The molecule has 1 heterocycles. The molecule has 0 saturated heterocycles. The molecule has 7 heteroatoms. The molecule has 0 fully saturated rings. The number of hydrogen-bond acceptors (Lipinski definition) is 5. The van der Waals surface area contributed by atoms with Gasteiger partial charge in [0, 0.05) is 11.4 Å². The highest BCUT2D eigenvalue weighted by molar-refractivity contribution is 7.89. The van der Waals surface area contributed by atoms with Crippen LogP contribution < -0.4 is 10.0 Å². The molecular weight excluding hydrogens is 306 g/mol. The summed E-state index contributed by atoms with van der Waals surface area (Å²) >= 11 is 1.62. The summed E-state index contributed by atoms with van der Waals surface area (Å²) in [7, 11) is -3.48. The van der Waals surface area contributed by atoms with Crippen LogP contribution in [0.1, 0.15) is 22.5 Å². The summed E-state index contributed by atoms with van der Waals surface area (Å²) in [6.07, 6.45) is 0. The Labute approximate surface area is 129 Å². The van der Waals surface area contributed by atoms with Crippen LogP contribution in [0, 0.1) is 13.8 Å². The minimum Gasteiger partial charge on any atom is -0.379 e. The Morgan fingerprint density at radius 1 is 1.24 bits per heavy atom. The van der Waals surface area contributed by atoms with Gasteiger partial charge in [0.2, 0.25) is 10.0 Å². The van der Waals surface area contributed by atoms with Gasteiger partial charge in [-0.25, -0.2) is 18.1 Å². The Morgan fingerprint density at radius 3 is 2.57 bits per heavy atom. The van der Waals surface area contributed by atoms with Crippen molar-refractivity contribution in [1.82, 2.24) is 9.71 Å². The number of para-hydroxylation sites is 1. The number of hydrogen-bond donors (Lipinski definition) is 2. The van der Waals surface area contributed by atoms with E-state index in [-0.39, 0.29) is 4.90 Å². The second kappa shape index (κ2) is 6.55. The third kappa shape index (κ3) is 3.81. The van der Waals surface area contributed by atoms with Crippen LogP contribution in [-0.2, 0) is 16.6 Å². The van der Waals surface area contributed by atoms with E-state index in [1.807, 2.05) is 19.9 Å². The molecule has 0 unspecified atom stereocenters. The van der Waals surface area contributed by atoms with Crippen LogP contribution in [0.15, 0.2) is 29.2 Å². The first kappa shape index (κ1) is 15.9. The third-order valence-electron chi connectivity index (χ3n) is 2.95. The van der Waals surface area contributed by atoms with Crippen LogP contribution in [-0.4, -0.2) is 19.9 Å². The van der Waals surface area contributed by atoms with Crippen LogP contribution in [0.3, 0.4) is 0 Å². The first-order chi connectivity index (χ1) is 9.94. The zero-order valence-corrected chi connectivity index (χ0v) is 13.9. The van der Waals surface area contributed by atoms with Crippen molar-refractivity contribution in [1.29, 1.82) is 0 Å². The Bertz CT molecular complexity index is 724. The average Bonchev–Trinajstić information content (AvgIpc) is 2.75. The maximum Gasteiger partial charge on any atom is 0.242 e. The number of rotatable bonds is 6. The average molecular weight is 325 g/mol. The lowest BCUT2D eigenvalue weighted by Crippen LogP contribution is -2.24. The summed E-state index contributed by atoms with van der Waals surface area (Å²) in [5.41, 5.74) is 1.58. The van der Waals surface area contributed by atoms with Crippen LogP contribution in [0.4, 0.5) is 5.69 Å². The Morgan fingerprint density at radius 2 is 1.95 bits per heavy atom. The summed E-state index contributed by atoms with van der Waals surface area (Å²) in [5, 5.41) is 4.21. The molecule has 0 radical (unpaired) electrons. The van der Waals surface area contributed by atoms with Crippen LogP contribution in [0.25, 0.3) is 0 Å². The van der Waals surface area contributed by atoms with Crippen molar-refractivity contribution < 1.29 is 8.42 Å². The number of nitrogens with zero attached hydrogens (tertiary/aromatic N) is 1. The molecule has 2 aromatic rings. The third-order valence-corrected chi connectivity index (χ3v) is 5.63. The van der Waals surface area contributed by atoms with Crippen molar-refractivity contribution >= 4 is 27.0 Å². The molecule has 2 rings (SSSR count). The molecule has 2 N–H and O–H groups in total. The summed E-state index contributed by atoms with van der Waals surface area (Å²) in [6.45, 7) is 6.61. The van der Waals surface area contributed by atoms with Crippen LogP contribution in [0.2, 0.25) is 0 Å². The maximum atomic E-state index is 12.2. The summed E-state index contributed by atoms with van der Waals surface area (Å²) < 4.78 is 26.9. The van der Waals surface area contributed by atoms with Crippen molar-refractivity contribution in [3.8, 4) is 0 Å². The van der Waals surface area contributed by atoms with Gasteiger partial charge in [0.1, 0.15) is 4.90 Å². The number of aryl methyl sites for hydroxylation is 2. The molecule has 5 nitrogen and oxygen atoms in total. The van der Waals surface area contributed by atoms with E-state index in [0.717, 1.165) is 15.6 Å². The highest BCUT2D eigenvalue weighted by Crippen LogP contribution is 2.23. The Hall–Kier alpha value is -1.44. The molecular formula is C14H19N3O2S2. The fourth-order valence-electron chi connectivity index (χ4n) is 2.03. The lowest BCUT2D eigenvalue weighted by Gasteiger charge is -2.12. The van der Waals surface area contributed by atoms with Gasteiger partial charge in [-0.3, -0.25) is 0 Å². The number of thiazole rings is 1. The molecule has 0 saturated carbocycles. The number of anilines is 1. The van der Waals surface area contributed by atoms with E-state index in [1.165, 1.54) is 0 Å². The van der Waals surface area contributed by atoms with Gasteiger partial charge in [-0.15, -0.1) is 11.3 Å². The zero-order valence-electron chi connectivity index (χ0n) is 12.3. The molecule has 1 aromatic carbocycles. The minimum absolute atomic E-state index is 0.269. The lowest BCUT2D eigenvalue weighted by atomic mass is 10.3. The topological polar surface area (TPSA) is 71.1 Å². The smallest absolute Gasteiger partial charge is 0.242 e. The summed E-state index contributed by atoms with van der Waals surface area (Å²) in [6, 6.07) is 6.91. The molecule has 0 bridgehead atoms. The van der Waals surface area contributed by atoms with Gasteiger partial charge in [-0.05, 0) is 26.0 Å². The number of aromatic nitrogens is 1. The van der Waals surface area contributed by atoms with E-state index in [1.54, 1.807) is 36.5 Å². The molecule has 0 atom stereocenters. The predicted octanol–water partition coefficient (Wildman–Crippen LogP) is 2.67. The summed E-state index contributed by atoms with van der Waals surface area (Å²) in [5.74, 6) is 0. The molecule has 114 valence electrons. The van der Waals surface area contributed by atoms with Gasteiger partial charge in [-0.2, -0.15) is 0 Å². The SMILES string of the molecule is CCNS(=O)(=O)c1ccccc1NCc1sc(C)nc1C. The van der Waals surface area contributed by atoms with Gasteiger partial charge in [0.15, 0.2) is 0 Å². The van der Waals surface area contributed by atoms with Crippen molar-refractivity contribution in [2.75, 3.05) is 11.9 Å². The van der Waals surface area contributed by atoms with E-state index in [2.05, 4.69) is 15.0 Å². The molecule has 21 heavy (non-hydrogen) atoms. The van der Waals surface area contributed by atoms with Gasteiger partial charge >= 0.3 is 0 Å². The fraction of sp³-hybridized carbons (Fsp3) is 0.357. The first-order valence-electron chi connectivity index (χ1n) is 6.69. The van der Waals surface area contributed by atoms with Gasteiger partial charge in [0.25, 0.3) is 0 Å². The predicted molar refractivity (Wildman–Crippen MR) is 86.2 cm³/mol. The van der Waals surface area contributed by atoms with E-state index in [4.69, 9.17) is 0 Å². The minimum atomic E-state index is -3.48. The quantitative estimate of drug-likeness (QED) is 0.856. The molecule has 1 aromatic heterocycles. The standard InChI is InChI=1S/C14H19N3O2S2/c1-4-16-21(18,19)14-8-6-5-7-12(14)15-9-13-10(2)17-11(3)20-13/h5-8,15-16H,4,9H2,1-3H3. The van der Waals surface area contributed by atoms with Crippen molar-refractivity contribution in [2.24, 2.45) is 0 Å². The fourth-order valence-corrected chi connectivity index (χ4v) is 4.13. The maximum absolute atomic E-state index is 12.2. The number of benzene rings is 1. The Balaban J connectivity index is 2.23. The normalized spacial score (nSPS) is 11.6. The summed E-state index contributed by atoms with van der Waals surface area (Å²) in [4.78, 5) is 5.76. The molecule has 0 amide bonds. The van der Waals surface area contributed by atoms with Gasteiger partial charge in [-0.1, -0.05) is 19.1 Å². The van der Waals surface area contributed by atoms with E-state index >= 15 is 0 Å². The monoisotopic (exact) mass is 325 g/mol. The van der Waals surface area contributed by atoms with Crippen molar-refractivity contribution in [3.05, 3.63) is 39.8 Å². The molecule has 0 aliphatic rings. The second-order valence-corrected chi connectivity index (χ2v) is 7.62. The first-order valence-corrected chi connectivity index (χ1v) is 8.99. The molecule has 0 aliphatic carbocycles. The van der Waals surface area contributed by atoms with Crippen molar-refractivity contribution in [2.45, 2.75) is 32.2 Å². The van der Waals surface area contributed by atoms with Gasteiger partial charge < -0.3 is 5.32 Å². The van der Waals surface area contributed by atoms with E-state index in [9.17, 15) is 8.42 Å². The number of nitrogens with one attached hydrogen (secondary N) is 2. The largest absolute Gasteiger partial charge is 0.379 e. The Kier molecular flexibility index (Phi) is 4.97. The van der Waals surface area contributed by atoms with Crippen molar-refractivity contribution in [3.63, 3.8) is 0 Å². The van der Waals surface area contributed by atoms with Crippen LogP contribution >= 0.6 is 11.3 Å². The zero-order chi connectivity index (χ0) is 15.5. The second-order valence-electron chi connectivity index (χ2n) is 4.59. The molecule has 0 spiro atoms. The van der Waals surface area contributed by atoms with Gasteiger partial charge in [0.05, 0.1) is 22.9 Å².